The number of anilines is 1. The van der Waals surface area contributed by atoms with E-state index in [0.29, 0.717) is 16.6 Å². The summed E-state index contributed by atoms with van der Waals surface area (Å²) < 4.78 is 12.3. The van der Waals surface area contributed by atoms with Gasteiger partial charge in [-0.2, -0.15) is 0 Å². The summed E-state index contributed by atoms with van der Waals surface area (Å²) in [6.07, 6.45) is -0.682. The van der Waals surface area contributed by atoms with Crippen LogP contribution in [0.4, 0.5) is 5.13 Å². The number of carbonyl (C=O) groups excluding carboxylic acids is 1. The highest BCUT2D eigenvalue weighted by atomic mass is 32.1. The van der Waals surface area contributed by atoms with Gasteiger partial charge in [-0.05, 0) is 30.7 Å². The van der Waals surface area contributed by atoms with Gasteiger partial charge in [-0.25, -0.2) is 4.98 Å². The van der Waals surface area contributed by atoms with Gasteiger partial charge < -0.3 is 9.47 Å². The molecule has 2 aromatic carbocycles. The van der Waals surface area contributed by atoms with E-state index in [1.807, 2.05) is 43.3 Å². The predicted molar refractivity (Wildman–Crippen MR) is 89.3 cm³/mol. The molecule has 0 aliphatic carbocycles. The number of nitrogens with zero attached hydrogens (tertiary/aromatic N) is 1. The zero-order valence-electron chi connectivity index (χ0n) is 12.4. The Kier molecular flexibility index (Phi) is 3.38. The van der Waals surface area contributed by atoms with Crippen molar-refractivity contribution in [2.24, 2.45) is 0 Å². The summed E-state index contributed by atoms with van der Waals surface area (Å²) in [4.78, 5) is 16.9. The minimum absolute atomic E-state index is 0.187. The monoisotopic (exact) mass is 326 g/mol. The van der Waals surface area contributed by atoms with Crippen molar-refractivity contribution in [1.82, 2.24) is 4.98 Å². The fourth-order valence-corrected chi connectivity index (χ4v) is 3.42. The highest BCUT2D eigenvalue weighted by Gasteiger charge is 2.27. The first-order chi connectivity index (χ1) is 11.2. The molecule has 1 aliphatic heterocycles. The SMILES string of the molecule is Cc1cccc2sc(NC(=O)[C@H]3COc4ccccc4O3)nc12. The largest absolute Gasteiger partial charge is 0.485 e. The molecule has 23 heavy (non-hydrogen) atoms. The Bertz CT molecular complexity index is 890. The molecule has 116 valence electrons. The Balaban J connectivity index is 1.52. The standard InChI is InChI=1S/C17H14N2O3S/c1-10-5-4-8-14-15(10)18-17(23-14)19-16(20)13-9-21-11-6-2-3-7-12(11)22-13/h2-8,13H,9H2,1H3,(H,18,19,20)/t13-/m1/s1. The topological polar surface area (TPSA) is 60.5 Å². The molecular weight excluding hydrogens is 312 g/mol. The second-order valence-corrected chi connectivity index (χ2v) is 6.32. The fourth-order valence-electron chi connectivity index (χ4n) is 2.47. The summed E-state index contributed by atoms with van der Waals surface area (Å²) >= 11 is 1.45. The van der Waals surface area contributed by atoms with Gasteiger partial charge in [0.2, 0.25) is 6.10 Å². The zero-order valence-corrected chi connectivity index (χ0v) is 13.2. The van der Waals surface area contributed by atoms with E-state index in [1.165, 1.54) is 11.3 Å². The number of benzene rings is 2. The van der Waals surface area contributed by atoms with E-state index in [0.717, 1.165) is 15.8 Å². The van der Waals surface area contributed by atoms with Gasteiger partial charge in [0.1, 0.15) is 6.61 Å². The summed E-state index contributed by atoms with van der Waals surface area (Å²) in [6, 6.07) is 13.3. The Morgan fingerprint density at radius 1 is 1.22 bits per heavy atom. The molecule has 0 radical (unpaired) electrons. The lowest BCUT2D eigenvalue weighted by Crippen LogP contribution is -2.40. The van der Waals surface area contributed by atoms with Crippen molar-refractivity contribution in [3.05, 3.63) is 48.0 Å². The third kappa shape index (κ3) is 2.61. The van der Waals surface area contributed by atoms with Crippen LogP contribution < -0.4 is 14.8 Å². The van der Waals surface area contributed by atoms with Crippen LogP contribution in [0.15, 0.2) is 42.5 Å². The number of hydrogen-bond acceptors (Lipinski definition) is 5. The van der Waals surface area contributed by atoms with Crippen LogP contribution in [-0.2, 0) is 4.79 Å². The van der Waals surface area contributed by atoms with Crippen LogP contribution in [-0.4, -0.2) is 23.6 Å². The second-order valence-electron chi connectivity index (χ2n) is 5.29. The zero-order chi connectivity index (χ0) is 15.8. The number of amides is 1. The summed E-state index contributed by atoms with van der Waals surface area (Å²) in [6.45, 7) is 2.19. The lowest BCUT2D eigenvalue weighted by Gasteiger charge is -2.25. The van der Waals surface area contributed by atoms with Crippen molar-refractivity contribution < 1.29 is 14.3 Å². The van der Waals surface area contributed by atoms with E-state index < -0.39 is 6.10 Å². The first kappa shape index (κ1) is 14.0. The normalized spacial score (nSPS) is 16.3. The van der Waals surface area contributed by atoms with Gasteiger partial charge in [0.25, 0.3) is 5.91 Å². The third-order valence-corrected chi connectivity index (χ3v) is 4.59. The number of rotatable bonds is 2. The van der Waals surface area contributed by atoms with Crippen LogP contribution in [0.1, 0.15) is 5.56 Å². The van der Waals surface area contributed by atoms with Crippen molar-refractivity contribution in [1.29, 1.82) is 0 Å². The van der Waals surface area contributed by atoms with Gasteiger partial charge in [0.05, 0.1) is 10.2 Å². The summed E-state index contributed by atoms with van der Waals surface area (Å²) in [5.74, 6) is 0.988. The molecule has 1 N–H and O–H groups in total. The Morgan fingerprint density at radius 2 is 2.04 bits per heavy atom. The number of hydrogen-bond donors (Lipinski definition) is 1. The number of nitrogens with one attached hydrogen (secondary N) is 1. The maximum Gasteiger partial charge on any atom is 0.270 e. The van der Waals surface area contributed by atoms with Gasteiger partial charge in [-0.15, -0.1) is 0 Å². The molecule has 6 heteroatoms. The molecule has 0 saturated heterocycles. The molecule has 0 unspecified atom stereocenters. The van der Waals surface area contributed by atoms with Crippen molar-refractivity contribution in [2.45, 2.75) is 13.0 Å². The van der Waals surface area contributed by atoms with Crippen LogP contribution in [0.5, 0.6) is 11.5 Å². The number of aromatic nitrogens is 1. The summed E-state index contributed by atoms with van der Waals surface area (Å²) in [5.41, 5.74) is 2.00. The van der Waals surface area contributed by atoms with Crippen LogP contribution >= 0.6 is 11.3 Å². The molecule has 0 spiro atoms. The number of para-hydroxylation sites is 3. The molecule has 2 heterocycles. The Morgan fingerprint density at radius 3 is 2.87 bits per heavy atom. The fraction of sp³-hybridized carbons (Fsp3) is 0.176. The molecule has 0 saturated carbocycles. The van der Waals surface area contributed by atoms with Gasteiger partial charge in [0.15, 0.2) is 16.6 Å². The third-order valence-electron chi connectivity index (χ3n) is 3.65. The minimum atomic E-state index is -0.682. The van der Waals surface area contributed by atoms with E-state index in [2.05, 4.69) is 10.3 Å². The van der Waals surface area contributed by atoms with Gasteiger partial charge >= 0.3 is 0 Å². The number of thiazole rings is 1. The maximum atomic E-state index is 12.4. The lowest BCUT2D eigenvalue weighted by molar-refractivity contribution is -0.125. The van der Waals surface area contributed by atoms with E-state index in [4.69, 9.17) is 9.47 Å². The molecule has 1 aromatic heterocycles. The number of carbonyl (C=O) groups is 1. The molecule has 0 fully saturated rings. The number of aryl methyl sites for hydroxylation is 1. The van der Waals surface area contributed by atoms with Crippen molar-refractivity contribution in [3.8, 4) is 11.5 Å². The first-order valence-electron chi connectivity index (χ1n) is 7.26. The van der Waals surface area contributed by atoms with Crippen molar-refractivity contribution in [2.75, 3.05) is 11.9 Å². The Labute approximate surface area is 136 Å². The van der Waals surface area contributed by atoms with E-state index >= 15 is 0 Å². The van der Waals surface area contributed by atoms with Crippen molar-refractivity contribution >= 4 is 32.6 Å². The van der Waals surface area contributed by atoms with Crippen LogP contribution in [0, 0.1) is 6.92 Å². The lowest BCUT2D eigenvalue weighted by atomic mass is 10.2. The van der Waals surface area contributed by atoms with E-state index in [9.17, 15) is 4.79 Å². The predicted octanol–water partition coefficient (Wildman–Crippen LogP) is 3.38. The molecule has 3 aromatic rings. The average Bonchev–Trinajstić information content (AvgIpc) is 2.98. The maximum absolute atomic E-state index is 12.4. The van der Waals surface area contributed by atoms with E-state index in [-0.39, 0.29) is 12.5 Å². The smallest absolute Gasteiger partial charge is 0.270 e. The summed E-state index contributed by atoms with van der Waals surface area (Å²) in [7, 11) is 0. The second kappa shape index (κ2) is 5.55. The average molecular weight is 326 g/mol. The number of fused-ring (bicyclic) bond motifs is 2. The molecule has 1 atom stereocenters. The van der Waals surface area contributed by atoms with Crippen LogP contribution in [0.25, 0.3) is 10.2 Å². The van der Waals surface area contributed by atoms with E-state index in [1.54, 1.807) is 6.07 Å². The molecule has 5 nitrogen and oxygen atoms in total. The molecule has 1 aliphatic rings. The quantitative estimate of drug-likeness (QED) is 0.784. The number of ether oxygens (including phenoxy) is 2. The van der Waals surface area contributed by atoms with Gasteiger partial charge in [-0.3, -0.25) is 10.1 Å². The molecule has 0 bridgehead atoms. The van der Waals surface area contributed by atoms with Crippen LogP contribution in [0.2, 0.25) is 0 Å². The molecule has 1 amide bonds. The minimum Gasteiger partial charge on any atom is -0.485 e. The summed E-state index contributed by atoms with van der Waals surface area (Å²) in [5, 5.41) is 3.39. The van der Waals surface area contributed by atoms with Gasteiger partial charge in [0, 0.05) is 0 Å². The highest BCUT2D eigenvalue weighted by Crippen LogP contribution is 2.32. The van der Waals surface area contributed by atoms with Crippen LogP contribution in [0.3, 0.4) is 0 Å². The van der Waals surface area contributed by atoms with Crippen molar-refractivity contribution in [3.63, 3.8) is 0 Å². The van der Waals surface area contributed by atoms with Gasteiger partial charge in [-0.1, -0.05) is 35.6 Å². The highest BCUT2D eigenvalue weighted by molar-refractivity contribution is 7.22. The first-order valence-corrected chi connectivity index (χ1v) is 8.08. The molecular formula is C17H14N2O3S. The Hall–Kier alpha value is -2.60. The molecule has 4 rings (SSSR count).